The normalized spacial score (nSPS) is 16.1. The van der Waals surface area contributed by atoms with Gasteiger partial charge in [0.25, 0.3) is 0 Å². The number of ketones is 1. The molecule has 0 bridgehead atoms. The van der Waals surface area contributed by atoms with Crippen molar-refractivity contribution in [2.24, 2.45) is 0 Å². The van der Waals surface area contributed by atoms with Crippen molar-refractivity contribution in [3.8, 4) is 16.9 Å². The number of carbonyl (C=O) groups excluding carboxylic acids is 1. The molecule has 30 heavy (non-hydrogen) atoms. The predicted octanol–water partition coefficient (Wildman–Crippen LogP) is 3.45. The topological polar surface area (TPSA) is 91.8 Å². The summed E-state index contributed by atoms with van der Waals surface area (Å²) in [6.45, 7) is 0.315. The molecule has 0 N–H and O–H groups in total. The highest BCUT2D eigenvalue weighted by Crippen LogP contribution is 2.35. The summed E-state index contributed by atoms with van der Waals surface area (Å²) < 4.78 is 17.9. The van der Waals surface area contributed by atoms with Gasteiger partial charge in [-0.05, 0) is 29.8 Å². The first-order valence-corrected chi connectivity index (χ1v) is 9.66. The largest absolute Gasteiger partial charge is 0.497 e. The Balaban J connectivity index is 1.68. The van der Waals surface area contributed by atoms with Crippen molar-refractivity contribution in [1.29, 1.82) is 0 Å². The molecule has 5 rings (SSSR count). The highest BCUT2D eigenvalue weighted by atomic mass is 16.5. The van der Waals surface area contributed by atoms with Crippen LogP contribution in [0.4, 0.5) is 0 Å². The van der Waals surface area contributed by atoms with Crippen LogP contribution in [0.25, 0.3) is 16.8 Å². The molecule has 0 saturated carbocycles. The maximum Gasteiger partial charge on any atom is 0.185 e. The van der Waals surface area contributed by atoms with Crippen molar-refractivity contribution >= 4 is 11.4 Å². The van der Waals surface area contributed by atoms with E-state index in [9.17, 15) is 4.79 Å². The first-order chi connectivity index (χ1) is 14.7. The lowest BCUT2D eigenvalue weighted by Gasteiger charge is -2.21. The van der Waals surface area contributed by atoms with E-state index < -0.39 is 0 Å². The number of fused-ring (bicyclic) bond motifs is 3. The second kappa shape index (κ2) is 7.38. The molecule has 1 aliphatic carbocycles. The van der Waals surface area contributed by atoms with E-state index in [-0.39, 0.29) is 11.7 Å². The maximum atomic E-state index is 12.8. The van der Waals surface area contributed by atoms with Gasteiger partial charge in [-0.25, -0.2) is 4.52 Å². The zero-order valence-electron chi connectivity index (χ0n) is 16.7. The number of benzene rings is 1. The quantitative estimate of drug-likeness (QED) is 0.503. The van der Waals surface area contributed by atoms with E-state index in [4.69, 9.17) is 19.0 Å². The molecule has 8 nitrogen and oxygen atoms in total. The Morgan fingerprint density at radius 3 is 2.67 bits per heavy atom. The van der Waals surface area contributed by atoms with E-state index in [1.807, 2.05) is 36.4 Å². The van der Waals surface area contributed by atoms with Gasteiger partial charge >= 0.3 is 0 Å². The third-order valence-corrected chi connectivity index (χ3v) is 5.45. The number of methoxy groups -OCH3 is 2. The number of Topliss-reactive ketones (excluding diaryl/α,β-unsaturated/α-hetero) is 1. The van der Waals surface area contributed by atoms with E-state index >= 15 is 0 Å². The molecule has 0 fully saturated rings. The Hall–Kier alpha value is -3.52. The van der Waals surface area contributed by atoms with Gasteiger partial charge in [-0.2, -0.15) is 5.10 Å². The van der Waals surface area contributed by atoms with Gasteiger partial charge < -0.3 is 13.9 Å². The van der Waals surface area contributed by atoms with Crippen molar-refractivity contribution in [2.45, 2.75) is 25.4 Å². The molecule has 0 radical (unpaired) electrons. The van der Waals surface area contributed by atoms with E-state index in [1.54, 1.807) is 25.0 Å². The Labute approximate surface area is 172 Å². The SMILES string of the molecule is COCc1nn2c3c(nnc2c1-c1ccc(OC)cc1)C(=O)C[C@H](c1ccco1)C3. The summed E-state index contributed by atoms with van der Waals surface area (Å²) in [5.74, 6) is 1.45. The molecule has 3 heterocycles. The van der Waals surface area contributed by atoms with Gasteiger partial charge in [-0.1, -0.05) is 12.1 Å². The van der Waals surface area contributed by atoms with Gasteiger partial charge in [0, 0.05) is 25.9 Å². The monoisotopic (exact) mass is 404 g/mol. The van der Waals surface area contributed by atoms with E-state index in [1.165, 1.54) is 0 Å². The number of nitrogens with zero attached hydrogens (tertiary/aromatic N) is 4. The number of ether oxygens (including phenoxy) is 2. The van der Waals surface area contributed by atoms with Crippen molar-refractivity contribution in [3.05, 3.63) is 65.5 Å². The van der Waals surface area contributed by atoms with Crippen LogP contribution in [0.3, 0.4) is 0 Å². The molecule has 1 aromatic carbocycles. The smallest absolute Gasteiger partial charge is 0.185 e. The molecule has 3 aromatic heterocycles. The van der Waals surface area contributed by atoms with Gasteiger partial charge in [0.2, 0.25) is 0 Å². The highest BCUT2D eigenvalue weighted by Gasteiger charge is 2.33. The fourth-order valence-electron chi connectivity index (χ4n) is 4.03. The van der Waals surface area contributed by atoms with E-state index in [0.29, 0.717) is 30.8 Å². The van der Waals surface area contributed by atoms with Crippen molar-refractivity contribution < 1.29 is 18.7 Å². The lowest BCUT2D eigenvalue weighted by atomic mass is 9.87. The van der Waals surface area contributed by atoms with Crippen molar-refractivity contribution in [3.63, 3.8) is 0 Å². The Morgan fingerprint density at radius 1 is 1.13 bits per heavy atom. The van der Waals surface area contributed by atoms with Crippen LogP contribution in [0.2, 0.25) is 0 Å². The molecule has 0 saturated heterocycles. The molecular formula is C22H20N4O4. The lowest BCUT2D eigenvalue weighted by Crippen LogP contribution is -2.24. The van der Waals surface area contributed by atoms with Crippen LogP contribution in [-0.4, -0.2) is 39.8 Å². The first kappa shape index (κ1) is 18.5. The van der Waals surface area contributed by atoms with Gasteiger partial charge in [0.05, 0.1) is 36.9 Å². The summed E-state index contributed by atoms with van der Waals surface area (Å²) >= 11 is 0. The van der Waals surface area contributed by atoms with Gasteiger partial charge in [0.1, 0.15) is 11.5 Å². The molecular weight excluding hydrogens is 384 g/mol. The van der Waals surface area contributed by atoms with Crippen LogP contribution in [0.15, 0.2) is 47.1 Å². The van der Waals surface area contributed by atoms with Crippen LogP contribution in [0.5, 0.6) is 5.75 Å². The fourth-order valence-corrected chi connectivity index (χ4v) is 4.03. The minimum atomic E-state index is -0.0539. The maximum absolute atomic E-state index is 12.8. The Bertz CT molecular complexity index is 1210. The Kier molecular flexibility index (Phi) is 4.55. The predicted molar refractivity (Wildman–Crippen MR) is 108 cm³/mol. The highest BCUT2D eigenvalue weighted by molar-refractivity contribution is 5.97. The molecule has 8 heteroatoms. The number of furan rings is 1. The summed E-state index contributed by atoms with van der Waals surface area (Å²) in [6.07, 6.45) is 2.57. The number of rotatable bonds is 5. The third kappa shape index (κ3) is 2.96. The molecule has 4 aromatic rings. The van der Waals surface area contributed by atoms with Gasteiger partial charge in [-0.15, -0.1) is 10.2 Å². The van der Waals surface area contributed by atoms with Crippen LogP contribution in [0, 0.1) is 0 Å². The zero-order chi connectivity index (χ0) is 20.7. The number of hydrogen-bond donors (Lipinski definition) is 0. The molecule has 0 amide bonds. The molecule has 152 valence electrons. The second-order valence-electron chi connectivity index (χ2n) is 7.26. The Morgan fingerprint density at radius 2 is 1.97 bits per heavy atom. The average Bonchev–Trinajstić information content (AvgIpc) is 3.42. The number of aromatic nitrogens is 4. The minimum Gasteiger partial charge on any atom is -0.497 e. The standard InChI is InChI=1S/C22H20N4O4/c1-28-12-16-20(13-5-7-15(29-2)8-6-13)22-24-23-21-17(26(22)25-16)10-14(11-18(21)27)19-4-3-9-30-19/h3-9,14H,10-12H2,1-2H3/t14-/m1/s1. The van der Waals surface area contributed by atoms with Crippen LogP contribution < -0.4 is 4.74 Å². The number of hydrogen-bond acceptors (Lipinski definition) is 7. The van der Waals surface area contributed by atoms with Gasteiger partial charge in [-0.3, -0.25) is 4.79 Å². The fraction of sp³-hybridized carbons (Fsp3) is 0.273. The first-order valence-electron chi connectivity index (χ1n) is 9.66. The third-order valence-electron chi connectivity index (χ3n) is 5.45. The van der Waals surface area contributed by atoms with Gasteiger partial charge in [0.15, 0.2) is 17.1 Å². The zero-order valence-corrected chi connectivity index (χ0v) is 16.7. The van der Waals surface area contributed by atoms with Crippen molar-refractivity contribution in [2.75, 3.05) is 14.2 Å². The van der Waals surface area contributed by atoms with E-state index in [2.05, 4.69) is 10.2 Å². The summed E-state index contributed by atoms with van der Waals surface area (Å²) in [7, 11) is 3.25. The second-order valence-corrected chi connectivity index (χ2v) is 7.26. The van der Waals surface area contributed by atoms with Crippen molar-refractivity contribution in [1.82, 2.24) is 19.8 Å². The number of carbonyl (C=O) groups is 1. The van der Waals surface area contributed by atoms with Crippen LogP contribution in [0.1, 0.15) is 40.0 Å². The molecule has 0 unspecified atom stereocenters. The van der Waals surface area contributed by atoms with Crippen LogP contribution in [-0.2, 0) is 17.8 Å². The molecule has 0 aliphatic heterocycles. The lowest BCUT2D eigenvalue weighted by molar-refractivity contribution is 0.0951. The molecule has 0 spiro atoms. The van der Waals surface area contributed by atoms with Crippen LogP contribution >= 0.6 is 0 Å². The summed E-state index contributed by atoms with van der Waals surface area (Å²) in [5, 5.41) is 13.4. The van der Waals surface area contributed by atoms with E-state index in [0.717, 1.165) is 34.0 Å². The average molecular weight is 404 g/mol. The summed E-state index contributed by atoms with van der Waals surface area (Å²) in [4.78, 5) is 12.8. The summed E-state index contributed by atoms with van der Waals surface area (Å²) in [6, 6.07) is 11.4. The molecule has 1 atom stereocenters. The summed E-state index contributed by atoms with van der Waals surface area (Å²) in [5.41, 5.74) is 4.21. The minimum absolute atomic E-state index is 0.0492. The molecule has 1 aliphatic rings.